The van der Waals surface area contributed by atoms with Crippen LogP contribution in [-0.2, 0) is 11.3 Å². The molecule has 1 saturated heterocycles. The van der Waals surface area contributed by atoms with Crippen molar-refractivity contribution in [3.63, 3.8) is 0 Å². The molecule has 0 spiro atoms. The first-order chi connectivity index (χ1) is 8.65. The van der Waals surface area contributed by atoms with Crippen molar-refractivity contribution < 1.29 is 4.74 Å². The molecular weight excluding hydrogens is 226 g/mol. The smallest absolute Gasteiger partial charge is 0.0596 e. The largest absolute Gasteiger partial charge is 0.378 e. The molecule has 1 aromatic rings. The Hall–Kier alpha value is -0.870. The van der Waals surface area contributed by atoms with Gasteiger partial charge in [0.1, 0.15) is 0 Å². The van der Waals surface area contributed by atoms with Crippen LogP contribution in [0.4, 0.5) is 0 Å². The second-order valence-corrected chi connectivity index (χ2v) is 5.36. The van der Waals surface area contributed by atoms with Crippen LogP contribution in [-0.4, -0.2) is 35.1 Å². The molecule has 0 amide bonds. The first-order valence-corrected chi connectivity index (χ1v) is 7.01. The zero-order valence-electron chi connectivity index (χ0n) is 11.8. The molecule has 0 aromatic carbocycles. The Morgan fingerprint density at radius 2 is 2.33 bits per heavy atom. The number of ether oxygens (including phenoxy) is 1. The van der Waals surface area contributed by atoms with Crippen molar-refractivity contribution in [1.29, 1.82) is 0 Å². The fraction of sp³-hybridized carbons (Fsp3) is 0.786. The zero-order chi connectivity index (χ0) is 13.0. The molecule has 1 N–H and O–H groups in total. The number of hydrogen-bond acceptors (Lipinski definition) is 3. The van der Waals surface area contributed by atoms with Crippen molar-refractivity contribution in [3.8, 4) is 0 Å². The van der Waals surface area contributed by atoms with E-state index in [1.54, 1.807) is 0 Å². The topological polar surface area (TPSA) is 39.1 Å². The molecule has 102 valence electrons. The lowest BCUT2D eigenvalue weighted by Crippen LogP contribution is -2.38. The molecule has 4 heteroatoms. The number of nitrogens with zero attached hydrogens (tertiary/aromatic N) is 2. The average Bonchev–Trinajstić information content (AvgIpc) is 2.64. The van der Waals surface area contributed by atoms with Crippen molar-refractivity contribution in [3.05, 3.63) is 17.5 Å². The molecule has 4 nitrogen and oxygen atoms in total. The minimum Gasteiger partial charge on any atom is -0.378 e. The highest BCUT2D eigenvalue weighted by Crippen LogP contribution is 2.13. The maximum atomic E-state index is 5.55. The van der Waals surface area contributed by atoms with Gasteiger partial charge >= 0.3 is 0 Å². The van der Waals surface area contributed by atoms with E-state index < -0.39 is 0 Å². The number of nitrogens with one attached hydrogen (secondary N) is 1. The van der Waals surface area contributed by atoms with Crippen molar-refractivity contribution in [2.45, 2.75) is 58.7 Å². The summed E-state index contributed by atoms with van der Waals surface area (Å²) in [4.78, 5) is 0. The Kier molecular flexibility index (Phi) is 4.78. The van der Waals surface area contributed by atoms with E-state index in [9.17, 15) is 0 Å². The molecule has 1 aliphatic rings. The second kappa shape index (κ2) is 6.34. The third-order valence-corrected chi connectivity index (χ3v) is 3.57. The lowest BCUT2D eigenvalue weighted by Gasteiger charge is -2.28. The first-order valence-electron chi connectivity index (χ1n) is 7.01. The Bertz CT molecular complexity index is 375. The van der Waals surface area contributed by atoms with Gasteiger partial charge in [-0.25, -0.2) is 0 Å². The number of hydrogen-bond donors (Lipinski definition) is 1. The molecule has 2 heterocycles. The Labute approximate surface area is 110 Å². The van der Waals surface area contributed by atoms with Gasteiger partial charge in [-0.15, -0.1) is 0 Å². The second-order valence-electron chi connectivity index (χ2n) is 5.36. The van der Waals surface area contributed by atoms with Crippen LogP contribution >= 0.6 is 0 Å². The third kappa shape index (κ3) is 3.82. The van der Waals surface area contributed by atoms with Gasteiger partial charge in [-0.1, -0.05) is 0 Å². The van der Waals surface area contributed by atoms with Gasteiger partial charge in [0.05, 0.1) is 11.8 Å². The van der Waals surface area contributed by atoms with E-state index in [0.29, 0.717) is 12.1 Å². The third-order valence-electron chi connectivity index (χ3n) is 3.57. The fourth-order valence-corrected chi connectivity index (χ4v) is 2.62. The molecule has 1 aliphatic heterocycles. The molecule has 1 fully saturated rings. The van der Waals surface area contributed by atoms with E-state index in [2.05, 4.69) is 35.0 Å². The van der Waals surface area contributed by atoms with Gasteiger partial charge < -0.3 is 10.1 Å². The Balaban J connectivity index is 1.65. The van der Waals surface area contributed by atoms with Gasteiger partial charge in [0.25, 0.3) is 0 Å². The van der Waals surface area contributed by atoms with E-state index >= 15 is 0 Å². The van der Waals surface area contributed by atoms with Gasteiger partial charge in [0.15, 0.2) is 0 Å². The molecule has 0 radical (unpaired) electrons. The van der Waals surface area contributed by atoms with E-state index in [1.807, 2.05) is 6.92 Å². The van der Waals surface area contributed by atoms with Crippen molar-refractivity contribution in [2.24, 2.45) is 0 Å². The highest BCUT2D eigenvalue weighted by molar-refractivity contribution is 5.06. The van der Waals surface area contributed by atoms with E-state index in [4.69, 9.17) is 4.74 Å². The van der Waals surface area contributed by atoms with Gasteiger partial charge in [-0.05, 0) is 52.6 Å². The summed E-state index contributed by atoms with van der Waals surface area (Å²) in [5.74, 6) is 0. The molecule has 1 aromatic heterocycles. The van der Waals surface area contributed by atoms with Crippen molar-refractivity contribution in [1.82, 2.24) is 15.1 Å². The molecule has 2 atom stereocenters. The summed E-state index contributed by atoms with van der Waals surface area (Å²) < 4.78 is 7.65. The van der Waals surface area contributed by atoms with Crippen molar-refractivity contribution >= 4 is 0 Å². The van der Waals surface area contributed by atoms with Gasteiger partial charge in [0.2, 0.25) is 0 Å². The van der Waals surface area contributed by atoms with E-state index in [-0.39, 0.29) is 0 Å². The quantitative estimate of drug-likeness (QED) is 0.814. The van der Waals surface area contributed by atoms with Gasteiger partial charge in [-0.3, -0.25) is 4.68 Å². The lowest BCUT2D eigenvalue weighted by molar-refractivity contribution is 0.0133. The summed E-state index contributed by atoms with van der Waals surface area (Å²) in [5, 5.41) is 8.10. The number of aromatic nitrogens is 2. The maximum absolute atomic E-state index is 5.55. The average molecular weight is 251 g/mol. The minimum atomic E-state index is 0.409. The van der Waals surface area contributed by atoms with Crippen LogP contribution in [0.1, 0.15) is 37.6 Å². The molecule has 0 bridgehead atoms. The van der Waals surface area contributed by atoms with Crippen LogP contribution in [0.5, 0.6) is 0 Å². The fourth-order valence-electron chi connectivity index (χ4n) is 2.62. The lowest BCUT2D eigenvalue weighted by atomic mass is 10.0. The van der Waals surface area contributed by atoms with Crippen LogP contribution in [0.3, 0.4) is 0 Å². The zero-order valence-corrected chi connectivity index (χ0v) is 11.8. The Morgan fingerprint density at radius 3 is 3.00 bits per heavy atom. The summed E-state index contributed by atoms with van der Waals surface area (Å²) in [6, 6.07) is 2.77. The normalized spacial score (nSPS) is 24.4. The highest BCUT2D eigenvalue weighted by atomic mass is 16.5. The monoisotopic (exact) mass is 251 g/mol. The summed E-state index contributed by atoms with van der Waals surface area (Å²) >= 11 is 0. The minimum absolute atomic E-state index is 0.409. The maximum Gasteiger partial charge on any atom is 0.0596 e. The standard InChI is InChI=1S/C14H25N3O/c1-11-9-12(2)17(16-11)7-4-6-15-14-5-8-18-13(3)10-14/h9,13-15H,4-8,10H2,1-3H3. The predicted molar refractivity (Wildman–Crippen MR) is 72.8 cm³/mol. The molecule has 2 unspecified atom stereocenters. The molecular formula is C14H25N3O. The Morgan fingerprint density at radius 1 is 1.50 bits per heavy atom. The molecule has 0 aliphatic carbocycles. The van der Waals surface area contributed by atoms with Crippen LogP contribution < -0.4 is 5.32 Å². The van der Waals surface area contributed by atoms with Crippen molar-refractivity contribution in [2.75, 3.05) is 13.2 Å². The predicted octanol–water partition coefficient (Wildman–Crippen LogP) is 2.05. The van der Waals surface area contributed by atoms with E-state index in [0.717, 1.165) is 44.7 Å². The van der Waals surface area contributed by atoms with Crippen LogP contribution in [0.25, 0.3) is 0 Å². The summed E-state index contributed by atoms with van der Waals surface area (Å²) in [5.41, 5.74) is 2.37. The van der Waals surface area contributed by atoms with Crippen LogP contribution in [0.15, 0.2) is 6.07 Å². The number of rotatable bonds is 5. The van der Waals surface area contributed by atoms with E-state index in [1.165, 1.54) is 5.69 Å². The molecule has 0 saturated carbocycles. The van der Waals surface area contributed by atoms with Crippen LogP contribution in [0.2, 0.25) is 0 Å². The first kappa shape index (κ1) is 13.6. The molecule has 2 rings (SSSR count). The summed E-state index contributed by atoms with van der Waals surface area (Å²) in [6.45, 7) is 9.29. The number of aryl methyl sites for hydroxylation is 3. The highest BCUT2D eigenvalue weighted by Gasteiger charge is 2.18. The summed E-state index contributed by atoms with van der Waals surface area (Å²) in [6.07, 6.45) is 3.82. The van der Waals surface area contributed by atoms with Gasteiger partial charge in [-0.2, -0.15) is 5.10 Å². The SMILES string of the molecule is Cc1cc(C)n(CCCNC2CCOC(C)C2)n1. The molecule has 18 heavy (non-hydrogen) atoms. The summed E-state index contributed by atoms with van der Waals surface area (Å²) in [7, 11) is 0. The van der Waals surface area contributed by atoms with Crippen LogP contribution in [0, 0.1) is 13.8 Å². The van der Waals surface area contributed by atoms with Gasteiger partial charge in [0, 0.05) is 24.9 Å².